The molecule has 24 heavy (non-hydrogen) atoms. The molecule has 1 amide bonds. The summed E-state index contributed by atoms with van der Waals surface area (Å²) in [5.41, 5.74) is 2.97. The van der Waals surface area contributed by atoms with Gasteiger partial charge in [-0.3, -0.25) is 9.52 Å². The van der Waals surface area contributed by atoms with Gasteiger partial charge in [-0.25, -0.2) is 8.42 Å². The van der Waals surface area contributed by atoms with Crippen molar-refractivity contribution < 1.29 is 13.2 Å². The summed E-state index contributed by atoms with van der Waals surface area (Å²) >= 11 is 0. The number of carbonyl (C=O) groups excluding carboxylic acids is 1. The average molecular weight is 344 g/mol. The first kappa shape index (κ1) is 16.5. The Morgan fingerprint density at radius 2 is 1.92 bits per heavy atom. The number of hydrogen-bond donors (Lipinski definition) is 1. The lowest BCUT2D eigenvalue weighted by Crippen LogP contribution is -2.23. The minimum atomic E-state index is -3.51. The predicted molar refractivity (Wildman–Crippen MR) is 95.5 cm³/mol. The van der Waals surface area contributed by atoms with Gasteiger partial charge in [-0.05, 0) is 37.1 Å². The van der Waals surface area contributed by atoms with E-state index in [2.05, 4.69) is 4.72 Å². The second-order valence-electron chi connectivity index (χ2n) is 6.05. The predicted octanol–water partition coefficient (Wildman–Crippen LogP) is 3.06. The van der Waals surface area contributed by atoms with E-state index in [1.807, 2.05) is 31.2 Å². The van der Waals surface area contributed by atoms with Crippen LogP contribution < -0.4 is 9.62 Å². The molecule has 5 nitrogen and oxygen atoms in total. The summed E-state index contributed by atoms with van der Waals surface area (Å²) in [5.74, 6) is -0.00330. The Kier molecular flexibility index (Phi) is 4.57. The van der Waals surface area contributed by atoms with Crippen molar-refractivity contribution in [2.24, 2.45) is 0 Å². The topological polar surface area (TPSA) is 66.5 Å². The Labute approximate surface area is 142 Å². The molecular formula is C18H20N2O3S. The maximum absolute atomic E-state index is 12.4. The molecule has 1 heterocycles. The molecule has 1 aliphatic rings. The number of aryl methyl sites for hydroxylation is 1. The van der Waals surface area contributed by atoms with E-state index in [4.69, 9.17) is 0 Å². The smallest absolute Gasteiger partial charge is 0.236 e. The minimum absolute atomic E-state index is 0.0785. The van der Waals surface area contributed by atoms with Gasteiger partial charge in [0.15, 0.2) is 0 Å². The number of nitrogens with one attached hydrogen (secondary N) is 1. The Balaban J connectivity index is 1.76. The van der Waals surface area contributed by atoms with Crippen LogP contribution in [0, 0.1) is 6.92 Å². The molecule has 0 saturated carbocycles. The first-order chi connectivity index (χ1) is 11.4. The molecule has 0 atom stereocenters. The van der Waals surface area contributed by atoms with Gasteiger partial charge >= 0.3 is 0 Å². The molecular weight excluding hydrogens is 324 g/mol. The highest BCUT2D eigenvalue weighted by atomic mass is 32.2. The van der Waals surface area contributed by atoms with Crippen molar-refractivity contribution in [3.05, 3.63) is 59.7 Å². The normalized spacial score (nSPS) is 14.9. The summed E-state index contributed by atoms with van der Waals surface area (Å²) < 4.78 is 27.4. The van der Waals surface area contributed by atoms with Crippen LogP contribution in [-0.4, -0.2) is 20.9 Å². The second-order valence-corrected chi connectivity index (χ2v) is 7.77. The summed E-state index contributed by atoms with van der Waals surface area (Å²) in [7, 11) is -3.51. The fourth-order valence-electron chi connectivity index (χ4n) is 2.90. The lowest BCUT2D eigenvalue weighted by Gasteiger charge is -2.17. The third kappa shape index (κ3) is 3.94. The Morgan fingerprint density at radius 1 is 1.12 bits per heavy atom. The van der Waals surface area contributed by atoms with Crippen molar-refractivity contribution in [1.29, 1.82) is 0 Å². The fourth-order valence-corrected chi connectivity index (χ4v) is 4.07. The highest BCUT2D eigenvalue weighted by Gasteiger charge is 2.22. The van der Waals surface area contributed by atoms with Crippen molar-refractivity contribution in [1.82, 2.24) is 0 Å². The SMILES string of the molecule is Cc1cccc(CS(=O)(=O)Nc2cccc(N3CCCC3=O)c2)c1. The van der Waals surface area contributed by atoms with Gasteiger partial charge in [-0.2, -0.15) is 0 Å². The number of carbonyl (C=O) groups is 1. The zero-order valence-corrected chi connectivity index (χ0v) is 14.3. The van der Waals surface area contributed by atoms with E-state index < -0.39 is 10.0 Å². The van der Waals surface area contributed by atoms with E-state index in [1.165, 1.54) is 0 Å². The molecule has 1 N–H and O–H groups in total. The molecule has 1 fully saturated rings. The highest BCUT2D eigenvalue weighted by Crippen LogP contribution is 2.25. The molecule has 0 aromatic heterocycles. The molecule has 0 radical (unpaired) electrons. The summed E-state index contributed by atoms with van der Waals surface area (Å²) in [4.78, 5) is 13.5. The third-order valence-corrected chi connectivity index (χ3v) is 5.20. The van der Waals surface area contributed by atoms with Crippen molar-refractivity contribution in [3.63, 3.8) is 0 Å². The number of anilines is 2. The third-order valence-electron chi connectivity index (χ3n) is 3.94. The van der Waals surface area contributed by atoms with E-state index in [0.717, 1.165) is 23.2 Å². The molecule has 1 aliphatic heterocycles. The Bertz CT molecular complexity index is 862. The second kappa shape index (κ2) is 6.65. The zero-order chi connectivity index (χ0) is 17.2. The van der Waals surface area contributed by atoms with Crippen molar-refractivity contribution in [2.45, 2.75) is 25.5 Å². The minimum Gasteiger partial charge on any atom is -0.312 e. The summed E-state index contributed by atoms with van der Waals surface area (Å²) in [6.45, 7) is 2.61. The number of nitrogens with zero attached hydrogens (tertiary/aromatic N) is 1. The van der Waals surface area contributed by atoms with Crippen LogP contribution >= 0.6 is 0 Å². The molecule has 6 heteroatoms. The van der Waals surface area contributed by atoms with E-state index in [1.54, 1.807) is 29.2 Å². The van der Waals surface area contributed by atoms with Crippen LogP contribution in [-0.2, 0) is 20.6 Å². The van der Waals surface area contributed by atoms with Crippen LogP contribution in [0.1, 0.15) is 24.0 Å². The first-order valence-electron chi connectivity index (χ1n) is 7.89. The molecule has 0 bridgehead atoms. The summed E-state index contributed by atoms with van der Waals surface area (Å²) in [6, 6.07) is 14.4. The Hall–Kier alpha value is -2.34. The van der Waals surface area contributed by atoms with Crippen LogP contribution in [0.25, 0.3) is 0 Å². The van der Waals surface area contributed by atoms with Gasteiger partial charge in [0.1, 0.15) is 0 Å². The van der Waals surface area contributed by atoms with Gasteiger partial charge in [0.25, 0.3) is 0 Å². The summed E-state index contributed by atoms with van der Waals surface area (Å²) in [6.07, 6.45) is 1.38. The molecule has 0 aliphatic carbocycles. The van der Waals surface area contributed by atoms with E-state index in [0.29, 0.717) is 18.7 Å². The van der Waals surface area contributed by atoms with Crippen molar-refractivity contribution >= 4 is 27.3 Å². The molecule has 3 rings (SSSR count). The van der Waals surface area contributed by atoms with Gasteiger partial charge in [-0.1, -0.05) is 35.9 Å². The van der Waals surface area contributed by atoms with E-state index in [9.17, 15) is 13.2 Å². The van der Waals surface area contributed by atoms with Gasteiger partial charge < -0.3 is 4.90 Å². The van der Waals surface area contributed by atoms with Crippen LogP contribution in [0.4, 0.5) is 11.4 Å². The van der Waals surface area contributed by atoms with Crippen molar-refractivity contribution in [2.75, 3.05) is 16.2 Å². The number of hydrogen-bond acceptors (Lipinski definition) is 3. The maximum atomic E-state index is 12.4. The van der Waals surface area contributed by atoms with Gasteiger partial charge in [0.2, 0.25) is 15.9 Å². The Morgan fingerprint density at radius 3 is 2.62 bits per heavy atom. The number of sulfonamides is 1. The van der Waals surface area contributed by atoms with Gasteiger partial charge in [0, 0.05) is 18.7 Å². The number of benzene rings is 2. The van der Waals surface area contributed by atoms with Crippen LogP contribution in [0.15, 0.2) is 48.5 Å². The molecule has 0 unspecified atom stereocenters. The standard InChI is InChI=1S/C18H20N2O3S/c1-14-5-2-6-15(11-14)13-24(22,23)19-16-7-3-8-17(12-16)20-10-4-9-18(20)21/h2-3,5-8,11-12,19H,4,9-10,13H2,1H3. The maximum Gasteiger partial charge on any atom is 0.236 e. The molecule has 2 aromatic carbocycles. The zero-order valence-electron chi connectivity index (χ0n) is 13.5. The lowest BCUT2D eigenvalue weighted by atomic mass is 10.2. The van der Waals surface area contributed by atoms with Crippen LogP contribution in [0.5, 0.6) is 0 Å². The van der Waals surface area contributed by atoms with E-state index in [-0.39, 0.29) is 11.7 Å². The molecule has 1 saturated heterocycles. The fraction of sp³-hybridized carbons (Fsp3) is 0.278. The quantitative estimate of drug-likeness (QED) is 0.906. The molecule has 2 aromatic rings. The van der Waals surface area contributed by atoms with E-state index >= 15 is 0 Å². The van der Waals surface area contributed by atoms with Crippen LogP contribution in [0.2, 0.25) is 0 Å². The summed E-state index contributed by atoms with van der Waals surface area (Å²) in [5, 5.41) is 0. The monoisotopic (exact) mass is 344 g/mol. The first-order valence-corrected chi connectivity index (χ1v) is 9.55. The van der Waals surface area contributed by atoms with Gasteiger partial charge in [-0.15, -0.1) is 0 Å². The molecule has 126 valence electrons. The lowest BCUT2D eigenvalue weighted by molar-refractivity contribution is -0.117. The van der Waals surface area contributed by atoms with Crippen molar-refractivity contribution in [3.8, 4) is 0 Å². The average Bonchev–Trinajstić information content (AvgIpc) is 2.92. The largest absolute Gasteiger partial charge is 0.312 e. The van der Waals surface area contributed by atoms with Gasteiger partial charge in [0.05, 0.1) is 11.4 Å². The number of amides is 1. The number of rotatable bonds is 5. The van der Waals surface area contributed by atoms with Crippen LogP contribution in [0.3, 0.4) is 0 Å². The molecule has 0 spiro atoms. The highest BCUT2D eigenvalue weighted by molar-refractivity contribution is 7.91.